The van der Waals surface area contributed by atoms with Crippen molar-refractivity contribution in [2.45, 2.75) is 39.5 Å². The molecule has 1 aliphatic heterocycles. The second-order valence-corrected chi connectivity index (χ2v) is 9.64. The quantitative estimate of drug-likeness (QED) is 0.201. The second kappa shape index (κ2) is 12.5. The van der Waals surface area contributed by atoms with Gasteiger partial charge in [-0.2, -0.15) is 0 Å². The Bertz CT molecular complexity index is 1080. The molecule has 0 radical (unpaired) electrons. The van der Waals surface area contributed by atoms with Gasteiger partial charge in [-0.3, -0.25) is 14.5 Å². The number of carbonyl (C=O) groups excluding carboxylic acids is 3. The Balaban J connectivity index is 1.45. The van der Waals surface area contributed by atoms with Gasteiger partial charge >= 0.3 is 5.97 Å². The predicted molar refractivity (Wildman–Crippen MR) is 141 cm³/mol. The first kappa shape index (κ1) is 25.6. The van der Waals surface area contributed by atoms with Crippen molar-refractivity contribution in [3.63, 3.8) is 0 Å². The van der Waals surface area contributed by atoms with Crippen LogP contribution in [0.1, 0.15) is 54.1 Å². The first-order valence-electron chi connectivity index (χ1n) is 11.3. The summed E-state index contributed by atoms with van der Waals surface area (Å²) in [6.45, 7) is 4.83. The molecule has 1 fully saturated rings. The van der Waals surface area contributed by atoms with Crippen LogP contribution in [0.2, 0.25) is 0 Å². The van der Waals surface area contributed by atoms with Crippen LogP contribution in [0.15, 0.2) is 53.4 Å². The molecular formula is C26H28N2O4S2. The molecule has 178 valence electrons. The Morgan fingerprint density at radius 1 is 1.09 bits per heavy atom. The first-order valence-corrected chi connectivity index (χ1v) is 12.5. The van der Waals surface area contributed by atoms with Crippen LogP contribution < -0.4 is 5.32 Å². The van der Waals surface area contributed by atoms with E-state index in [0.29, 0.717) is 40.0 Å². The topological polar surface area (TPSA) is 75.7 Å². The maximum absolute atomic E-state index is 12.7. The van der Waals surface area contributed by atoms with E-state index in [1.54, 1.807) is 29.2 Å². The van der Waals surface area contributed by atoms with Gasteiger partial charge in [0.15, 0.2) is 0 Å². The Morgan fingerprint density at radius 3 is 2.47 bits per heavy atom. The molecule has 0 aromatic heterocycles. The number of esters is 1. The number of carbonyl (C=O) groups is 3. The van der Waals surface area contributed by atoms with Crippen LogP contribution in [0, 0.1) is 6.92 Å². The van der Waals surface area contributed by atoms with Crippen LogP contribution in [0.5, 0.6) is 0 Å². The van der Waals surface area contributed by atoms with E-state index in [1.165, 1.54) is 11.8 Å². The summed E-state index contributed by atoms with van der Waals surface area (Å²) in [6, 6.07) is 14.5. The third-order valence-corrected chi connectivity index (χ3v) is 6.55. The fraction of sp³-hybridized carbons (Fsp3) is 0.308. The lowest BCUT2D eigenvalue weighted by Crippen LogP contribution is -2.29. The van der Waals surface area contributed by atoms with E-state index in [2.05, 4.69) is 5.32 Å². The van der Waals surface area contributed by atoms with Gasteiger partial charge in [0.25, 0.3) is 5.91 Å². The highest BCUT2D eigenvalue weighted by Crippen LogP contribution is 2.32. The number of ether oxygens (including phenoxy) is 1. The van der Waals surface area contributed by atoms with Gasteiger partial charge in [0.1, 0.15) is 4.32 Å². The summed E-state index contributed by atoms with van der Waals surface area (Å²) in [7, 11) is 0. The van der Waals surface area contributed by atoms with E-state index >= 15 is 0 Å². The molecule has 1 heterocycles. The fourth-order valence-electron chi connectivity index (χ4n) is 3.21. The minimum absolute atomic E-state index is 0.127. The number of thiocarbonyl (C=S) groups is 1. The zero-order valence-electron chi connectivity index (χ0n) is 19.3. The Hall–Kier alpha value is -2.97. The number of rotatable bonds is 10. The number of benzene rings is 2. The van der Waals surface area contributed by atoms with E-state index in [1.807, 2.05) is 44.2 Å². The average Bonchev–Trinajstić information content (AvgIpc) is 3.08. The number of thioether (sulfide) groups is 1. The molecule has 2 aromatic carbocycles. The molecule has 34 heavy (non-hydrogen) atoms. The van der Waals surface area contributed by atoms with Gasteiger partial charge in [0.05, 0.1) is 17.1 Å². The molecule has 1 aliphatic rings. The molecule has 0 unspecified atom stereocenters. The summed E-state index contributed by atoms with van der Waals surface area (Å²) in [5, 5.41) is 2.81. The van der Waals surface area contributed by atoms with Gasteiger partial charge in [-0.1, -0.05) is 67.2 Å². The van der Waals surface area contributed by atoms with Crippen molar-refractivity contribution in [1.29, 1.82) is 0 Å². The Morgan fingerprint density at radius 2 is 1.79 bits per heavy atom. The van der Waals surface area contributed by atoms with E-state index in [0.717, 1.165) is 24.0 Å². The molecule has 0 atom stereocenters. The van der Waals surface area contributed by atoms with E-state index < -0.39 is 0 Å². The molecule has 0 spiro atoms. The van der Waals surface area contributed by atoms with Gasteiger partial charge in [-0.25, -0.2) is 4.79 Å². The van der Waals surface area contributed by atoms with Gasteiger partial charge < -0.3 is 10.1 Å². The molecule has 1 N–H and O–H groups in total. The van der Waals surface area contributed by atoms with Gasteiger partial charge in [-0.15, -0.1) is 0 Å². The smallest absolute Gasteiger partial charge is 0.338 e. The van der Waals surface area contributed by atoms with Crippen molar-refractivity contribution < 1.29 is 19.1 Å². The Kier molecular flexibility index (Phi) is 9.42. The summed E-state index contributed by atoms with van der Waals surface area (Å²) in [6.07, 6.45) is 4.36. The molecule has 0 bridgehead atoms. The zero-order chi connectivity index (χ0) is 24.5. The monoisotopic (exact) mass is 496 g/mol. The van der Waals surface area contributed by atoms with Gasteiger partial charge in [-0.05, 0) is 55.7 Å². The maximum atomic E-state index is 12.7. The predicted octanol–water partition coefficient (Wildman–Crippen LogP) is 5.57. The van der Waals surface area contributed by atoms with Crippen LogP contribution in [0.25, 0.3) is 6.08 Å². The highest BCUT2D eigenvalue weighted by Gasteiger charge is 2.31. The van der Waals surface area contributed by atoms with Crippen LogP contribution in [0.4, 0.5) is 5.69 Å². The minimum Gasteiger partial charge on any atom is -0.462 e. The summed E-state index contributed by atoms with van der Waals surface area (Å²) in [4.78, 5) is 39.1. The number of unbranched alkanes of at least 4 members (excludes halogenated alkanes) is 1. The maximum Gasteiger partial charge on any atom is 0.338 e. The van der Waals surface area contributed by atoms with Crippen molar-refractivity contribution in [2.75, 3.05) is 18.5 Å². The summed E-state index contributed by atoms with van der Waals surface area (Å²) in [5.74, 6) is -0.664. The fourth-order valence-corrected chi connectivity index (χ4v) is 4.52. The molecule has 6 nitrogen and oxygen atoms in total. The van der Waals surface area contributed by atoms with Crippen molar-refractivity contribution in [1.82, 2.24) is 4.90 Å². The van der Waals surface area contributed by atoms with Crippen molar-refractivity contribution in [2.24, 2.45) is 0 Å². The highest BCUT2D eigenvalue weighted by atomic mass is 32.2. The number of nitrogens with one attached hydrogen (secondary N) is 1. The van der Waals surface area contributed by atoms with Crippen molar-refractivity contribution in [3.05, 3.63) is 70.1 Å². The number of amides is 2. The molecule has 2 aromatic rings. The van der Waals surface area contributed by atoms with Crippen molar-refractivity contribution in [3.8, 4) is 0 Å². The third kappa shape index (κ3) is 7.27. The number of anilines is 1. The summed E-state index contributed by atoms with van der Waals surface area (Å²) >= 11 is 6.65. The number of aryl methyl sites for hydroxylation is 1. The standard InChI is InChI=1S/C26H28N2O4S2/c1-3-4-16-32-25(31)20-11-13-21(14-12-20)27-23(29)6-5-15-28-24(30)22(34-26(28)33)17-19-9-7-18(2)8-10-19/h7-14,17H,3-6,15-16H2,1-2H3,(H,27,29)/b22-17-. The summed E-state index contributed by atoms with van der Waals surface area (Å²) in [5.41, 5.74) is 3.15. The molecule has 0 aliphatic carbocycles. The van der Waals surface area contributed by atoms with E-state index in [4.69, 9.17) is 17.0 Å². The largest absolute Gasteiger partial charge is 0.462 e. The van der Waals surface area contributed by atoms with E-state index in [9.17, 15) is 14.4 Å². The number of hydrogen-bond donors (Lipinski definition) is 1. The first-order chi connectivity index (χ1) is 16.4. The molecular weight excluding hydrogens is 468 g/mol. The lowest BCUT2D eigenvalue weighted by atomic mass is 10.1. The highest BCUT2D eigenvalue weighted by molar-refractivity contribution is 8.26. The lowest BCUT2D eigenvalue weighted by molar-refractivity contribution is -0.122. The molecule has 2 amide bonds. The molecule has 3 rings (SSSR count). The van der Waals surface area contributed by atoms with E-state index in [-0.39, 0.29) is 24.2 Å². The van der Waals surface area contributed by atoms with Crippen LogP contribution >= 0.6 is 24.0 Å². The SMILES string of the molecule is CCCCOC(=O)c1ccc(NC(=O)CCCN2C(=O)/C(=C/c3ccc(C)cc3)SC2=S)cc1. The van der Waals surface area contributed by atoms with Crippen LogP contribution in [-0.4, -0.2) is 40.2 Å². The normalized spacial score (nSPS) is 14.5. The minimum atomic E-state index is -0.369. The Labute approximate surface area is 209 Å². The second-order valence-electron chi connectivity index (χ2n) is 7.96. The molecule has 8 heteroatoms. The molecule has 0 saturated carbocycles. The number of hydrogen-bond acceptors (Lipinski definition) is 6. The summed E-state index contributed by atoms with van der Waals surface area (Å²) < 4.78 is 5.68. The van der Waals surface area contributed by atoms with Crippen LogP contribution in [-0.2, 0) is 14.3 Å². The average molecular weight is 497 g/mol. The van der Waals surface area contributed by atoms with Gasteiger partial charge in [0, 0.05) is 18.7 Å². The molecule has 1 saturated heterocycles. The van der Waals surface area contributed by atoms with Gasteiger partial charge in [0.2, 0.25) is 5.91 Å². The third-order valence-electron chi connectivity index (χ3n) is 5.17. The number of nitrogens with zero attached hydrogens (tertiary/aromatic N) is 1. The van der Waals surface area contributed by atoms with Crippen LogP contribution in [0.3, 0.4) is 0 Å². The van der Waals surface area contributed by atoms with Crippen molar-refractivity contribution >= 4 is 57.8 Å². The lowest BCUT2D eigenvalue weighted by Gasteiger charge is -2.14. The zero-order valence-corrected chi connectivity index (χ0v) is 21.0.